The molecule has 0 saturated heterocycles. The number of hydrogen-bond donors (Lipinski definition) is 0. The van der Waals surface area contributed by atoms with Gasteiger partial charge in [-0.1, -0.05) is 104 Å². The molecular formula is C25H38. The molecule has 0 saturated carbocycles. The fourth-order valence-electron chi connectivity index (χ4n) is 2.48. The summed E-state index contributed by atoms with van der Waals surface area (Å²) < 4.78 is 0. The second kappa shape index (κ2) is 10.9. The zero-order valence-electron chi connectivity index (χ0n) is 17.8. The molecule has 0 spiro atoms. The third kappa shape index (κ3) is 8.20. The van der Waals surface area contributed by atoms with Crippen molar-refractivity contribution in [3.05, 3.63) is 64.1 Å². The lowest BCUT2D eigenvalue weighted by molar-refractivity contribution is 0.469. The molecule has 1 aliphatic carbocycles. The average molecular weight is 339 g/mol. The Labute approximate surface area is 156 Å². The maximum atomic E-state index is 4.19. The van der Waals surface area contributed by atoms with Gasteiger partial charge in [0, 0.05) is 0 Å². The minimum Gasteiger partial charge on any atom is -0.0955 e. The van der Waals surface area contributed by atoms with Gasteiger partial charge in [0.1, 0.15) is 0 Å². The van der Waals surface area contributed by atoms with Gasteiger partial charge in [0.15, 0.2) is 0 Å². The summed E-state index contributed by atoms with van der Waals surface area (Å²) in [5.74, 6) is 0. The first-order valence-electron chi connectivity index (χ1n) is 9.49. The summed E-state index contributed by atoms with van der Waals surface area (Å²) in [4.78, 5) is 0. The van der Waals surface area contributed by atoms with Crippen LogP contribution in [-0.2, 0) is 6.42 Å². The Kier molecular flexibility index (Phi) is 10.1. The zero-order chi connectivity index (χ0) is 19.6. The van der Waals surface area contributed by atoms with E-state index in [1.165, 1.54) is 21.9 Å². The predicted octanol–water partition coefficient (Wildman–Crippen LogP) is 6.44. The molecule has 0 N–H and O–H groups in total. The van der Waals surface area contributed by atoms with Gasteiger partial charge >= 0.3 is 0 Å². The highest BCUT2D eigenvalue weighted by atomic mass is 14.1. The molecule has 1 aromatic rings. The molecule has 25 heavy (non-hydrogen) atoms. The second-order valence-corrected chi connectivity index (χ2v) is 7.77. The van der Waals surface area contributed by atoms with E-state index in [4.69, 9.17) is 0 Å². The Morgan fingerprint density at radius 2 is 1.72 bits per heavy atom. The minimum absolute atomic E-state index is 0.500. The Hall–Kier alpha value is -1.82. The molecule has 0 heteroatoms. The first-order chi connectivity index (χ1) is 11.6. The maximum absolute atomic E-state index is 4.19. The fraction of sp³-hybridized carbons (Fsp3) is 0.440. The number of fused-ring (bicyclic) bond motifs is 1. The molecule has 0 aliphatic heterocycles. The third-order valence-corrected chi connectivity index (χ3v) is 3.31. The maximum Gasteiger partial charge on any atom is -0.00769 e. The molecule has 0 fully saturated rings. The Morgan fingerprint density at radius 1 is 1.16 bits per heavy atom. The quantitative estimate of drug-likeness (QED) is 0.556. The number of rotatable bonds is 3. The van der Waals surface area contributed by atoms with Crippen LogP contribution in [0, 0.1) is 5.41 Å². The van der Waals surface area contributed by atoms with E-state index in [1.807, 2.05) is 13.8 Å². The molecule has 0 aromatic heterocycles. The third-order valence-electron chi connectivity index (χ3n) is 3.31. The van der Waals surface area contributed by atoms with Crippen LogP contribution in [0.5, 0.6) is 0 Å². The Balaban J connectivity index is 0.000000710. The van der Waals surface area contributed by atoms with E-state index >= 15 is 0 Å². The average Bonchev–Trinajstić information content (AvgIpc) is 2.53. The summed E-state index contributed by atoms with van der Waals surface area (Å²) in [5, 5.41) is 2.41. The lowest BCUT2D eigenvalue weighted by Gasteiger charge is -2.15. The highest BCUT2D eigenvalue weighted by Crippen LogP contribution is 2.22. The van der Waals surface area contributed by atoms with Gasteiger partial charge in [-0.15, -0.1) is 0 Å². The Morgan fingerprint density at radius 3 is 2.20 bits per heavy atom. The molecule has 0 bridgehead atoms. The fourth-order valence-corrected chi connectivity index (χ4v) is 2.48. The van der Waals surface area contributed by atoms with Crippen molar-refractivity contribution in [1.29, 1.82) is 0 Å². The van der Waals surface area contributed by atoms with E-state index in [2.05, 4.69) is 91.1 Å². The van der Waals surface area contributed by atoms with Crippen molar-refractivity contribution < 1.29 is 0 Å². The molecule has 0 heterocycles. The van der Waals surface area contributed by atoms with Gasteiger partial charge < -0.3 is 0 Å². The van der Waals surface area contributed by atoms with Gasteiger partial charge in [-0.05, 0) is 52.3 Å². The number of benzene rings is 1. The smallest absolute Gasteiger partial charge is 0.00769 e. The predicted molar refractivity (Wildman–Crippen MR) is 118 cm³/mol. The molecule has 0 unspecified atom stereocenters. The van der Waals surface area contributed by atoms with Crippen LogP contribution in [0.4, 0.5) is 0 Å². The van der Waals surface area contributed by atoms with E-state index in [9.17, 15) is 0 Å². The van der Waals surface area contributed by atoms with Crippen LogP contribution < -0.4 is 10.4 Å². The minimum atomic E-state index is 0.500. The summed E-state index contributed by atoms with van der Waals surface area (Å²) >= 11 is 0. The van der Waals surface area contributed by atoms with Gasteiger partial charge in [-0.3, -0.25) is 0 Å². The standard InChI is InChI=1S/C18H20.C5H12.C2H6/c1-5-8-16(13(2)3)18-14(4)11-12-15-9-6-7-10-17(15)18;1-5(2,3)4;1-2/h6-9,11-12H,2,4-5,10H2,1,3H3;1-4H3;1-2H3/b16-8-;;. The van der Waals surface area contributed by atoms with Crippen LogP contribution in [0.1, 0.15) is 72.9 Å². The van der Waals surface area contributed by atoms with E-state index in [0.29, 0.717) is 5.41 Å². The van der Waals surface area contributed by atoms with Gasteiger partial charge in [0.25, 0.3) is 0 Å². The number of hydrogen-bond acceptors (Lipinski definition) is 0. The highest BCUT2D eigenvalue weighted by molar-refractivity contribution is 5.80. The van der Waals surface area contributed by atoms with Crippen LogP contribution >= 0.6 is 0 Å². The first-order valence-corrected chi connectivity index (χ1v) is 9.49. The molecule has 0 radical (unpaired) electrons. The Bertz CT molecular complexity index is 713. The summed E-state index contributed by atoms with van der Waals surface area (Å²) in [6.45, 7) is 25.3. The van der Waals surface area contributed by atoms with Gasteiger partial charge in [-0.25, -0.2) is 0 Å². The molecular weight excluding hydrogens is 300 g/mol. The lowest BCUT2D eigenvalue weighted by Crippen LogP contribution is -2.21. The lowest BCUT2D eigenvalue weighted by atomic mass is 9.89. The van der Waals surface area contributed by atoms with E-state index in [-0.39, 0.29) is 0 Å². The molecule has 0 atom stereocenters. The largest absolute Gasteiger partial charge is 0.0955 e. The number of allylic oxidation sites excluding steroid dienone is 5. The van der Waals surface area contributed by atoms with Crippen LogP contribution in [0.15, 0.2) is 42.5 Å². The summed E-state index contributed by atoms with van der Waals surface area (Å²) in [6.07, 6.45) is 10.8. The van der Waals surface area contributed by atoms with Crippen molar-refractivity contribution in [2.75, 3.05) is 0 Å². The van der Waals surface area contributed by atoms with Crippen molar-refractivity contribution in [1.82, 2.24) is 0 Å². The van der Waals surface area contributed by atoms with Crippen molar-refractivity contribution >= 4 is 18.2 Å². The zero-order valence-corrected chi connectivity index (χ0v) is 17.8. The van der Waals surface area contributed by atoms with E-state index in [0.717, 1.165) is 23.6 Å². The topological polar surface area (TPSA) is 0 Å². The normalized spacial score (nSPS) is 12.7. The molecule has 2 rings (SSSR count). The van der Waals surface area contributed by atoms with Crippen molar-refractivity contribution in [2.45, 2.75) is 68.2 Å². The summed E-state index contributed by atoms with van der Waals surface area (Å²) in [6, 6.07) is 4.27. The van der Waals surface area contributed by atoms with Crippen molar-refractivity contribution in [2.24, 2.45) is 5.41 Å². The van der Waals surface area contributed by atoms with Crippen molar-refractivity contribution in [3.8, 4) is 0 Å². The van der Waals surface area contributed by atoms with Gasteiger partial charge in [0.05, 0.1) is 0 Å². The molecule has 138 valence electrons. The first kappa shape index (κ1) is 23.2. The van der Waals surface area contributed by atoms with Gasteiger partial charge in [-0.2, -0.15) is 0 Å². The highest BCUT2D eigenvalue weighted by Gasteiger charge is 2.11. The molecule has 1 aromatic carbocycles. The second-order valence-electron chi connectivity index (χ2n) is 7.77. The molecule has 0 nitrogen and oxygen atoms in total. The van der Waals surface area contributed by atoms with E-state index < -0.39 is 0 Å². The summed E-state index contributed by atoms with van der Waals surface area (Å²) in [7, 11) is 0. The van der Waals surface area contributed by atoms with Crippen LogP contribution in [0.2, 0.25) is 0 Å². The van der Waals surface area contributed by atoms with Crippen LogP contribution in [0.25, 0.3) is 18.2 Å². The van der Waals surface area contributed by atoms with Crippen LogP contribution in [0.3, 0.4) is 0 Å². The summed E-state index contributed by atoms with van der Waals surface area (Å²) in [5.41, 5.74) is 5.53. The SMILES string of the molecule is C=C(C)/C(=C/CC)c1c2c(ccc1=C)=CC=CC2.CC.CC(C)(C)C. The van der Waals surface area contributed by atoms with E-state index in [1.54, 1.807) is 0 Å². The van der Waals surface area contributed by atoms with Crippen LogP contribution in [-0.4, -0.2) is 0 Å². The molecule has 0 amide bonds. The monoisotopic (exact) mass is 338 g/mol. The van der Waals surface area contributed by atoms with Crippen molar-refractivity contribution in [3.63, 3.8) is 0 Å². The van der Waals surface area contributed by atoms with Gasteiger partial charge in [0.2, 0.25) is 0 Å². The molecule has 1 aliphatic rings.